The fourth-order valence-corrected chi connectivity index (χ4v) is 3.49. The van der Waals surface area contributed by atoms with Crippen LogP contribution >= 0.6 is 0 Å². The molecule has 1 saturated heterocycles. The van der Waals surface area contributed by atoms with Gasteiger partial charge in [-0.2, -0.15) is 5.10 Å². The molecule has 0 aliphatic carbocycles. The number of carbonyl (C=O) groups excluding carboxylic acids is 1. The van der Waals surface area contributed by atoms with Crippen LogP contribution in [0.2, 0.25) is 0 Å². The van der Waals surface area contributed by atoms with Crippen LogP contribution in [-0.4, -0.2) is 47.4 Å². The van der Waals surface area contributed by atoms with Gasteiger partial charge in [0.15, 0.2) is 0 Å². The number of nitrogens with one attached hydrogen (secondary N) is 2. The zero-order valence-corrected chi connectivity index (χ0v) is 16.8. The van der Waals surface area contributed by atoms with Gasteiger partial charge in [-0.25, -0.2) is 4.79 Å². The average Bonchev–Trinajstić information content (AvgIpc) is 3.49. The molecule has 0 radical (unpaired) electrons. The predicted molar refractivity (Wildman–Crippen MR) is 115 cm³/mol. The van der Waals surface area contributed by atoms with E-state index in [1.807, 2.05) is 54.7 Å². The van der Waals surface area contributed by atoms with Crippen molar-refractivity contribution >= 4 is 11.8 Å². The Hall–Kier alpha value is -3.32. The van der Waals surface area contributed by atoms with E-state index in [0.717, 1.165) is 36.3 Å². The molecule has 1 amide bonds. The second-order valence-electron chi connectivity index (χ2n) is 7.28. The highest BCUT2D eigenvalue weighted by Crippen LogP contribution is 2.31. The number of amides is 1. The number of H-pyrrole nitrogens is 1. The normalized spacial score (nSPS) is 13.9. The Balaban J connectivity index is 1.42. The van der Waals surface area contributed by atoms with E-state index in [2.05, 4.69) is 20.4 Å². The largest absolute Gasteiger partial charge is 0.490 e. The standard InChI is InChI=1S/C23H26N4O3/c28-23(30-17-18-6-2-1-3-7-18)26-21-9-8-19(20-15-24-25-16-20)14-22(21)29-13-12-27-10-4-5-11-27/h1-3,6-9,14-16H,4-5,10-13,17H2,(H,24,25)(H,26,28). The molecule has 2 heterocycles. The molecule has 0 unspecified atom stereocenters. The number of aromatic amines is 1. The van der Waals surface area contributed by atoms with Crippen LogP contribution in [-0.2, 0) is 11.3 Å². The lowest BCUT2D eigenvalue weighted by molar-refractivity contribution is 0.155. The zero-order chi connectivity index (χ0) is 20.6. The molecule has 1 aromatic heterocycles. The van der Waals surface area contributed by atoms with Crippen LogP contribution in [0.3, 0.4) is 0 Å². The number of likely N-dealkylation sites (tertiary alicyclic amines) is 1. The second-order valence-corrected chi connectivity index (χ2v) is 7.28. The first-order valence-corrected chi connectivity index (χ1v) is 10.2. The van der Waals surface area contributed by atoms with Crippen molar-refractivity contribution in [3.8, 4) is 16.9 Å². The molecule has 3 aromatic rings. The van der Waals surface area contributed by atoms with Gasteiger partial charge in [-0.05, 0) is 49.2 Å². The summed E-state index contributed by atoms with van der Waals surface area (Å²) in [4.78, 5) is 14.7. The lowest BCUT2D eigenvalue weighted by atomic mass is 10.1. The first-order chi connectivity index (χ1) is 14.8. The molecule has 4 rings (SSSR count). The van der Waals surface area contributed by atoms with Gasteiger partial charge >= 0.3 is 6.09 Å². The van der Waals surface area contributed by atoms with Crippen molar-refractivity contribution in [3.05, 3.63) is 66.5 Å². The van der Waals surface area contributed by atoms with Gasteiger partial charge in [0, 0.05) is 18.3 Å². The Morgan fingerprint density at radius 3 is 2.70 bits per heavy atom. The molecule has 7 nitrogen and oxygen atoms in total. The quantitative estimate of drug-likeness (QED) is 0.583. The molecule has 2 aromatic carbocycles. The highest BCUT2D eigenvalue weighted by Gasteiger charge is 2.14. The highest BCUT2D eigenvalue weighted by atomic mass is 16.5. The van der Waals surface area contributed by atoms with E-state index in [1.54, 1.807) is 6.20 Å². The molecule has 1 fully saturated rings. The minimum atomic E-state index is -0.515. The van der Waals surface area contributed by atoms with E-state index < -0.39 is 6.09 Å². The number of hydrogen-bond acceptors (Lipinski definition) is 5. The van der Waals surface area contributed by atoms with E-state index in [-0.39, 0.29) is 6.61 Å². The smallest absolute Gasteiger partial charge is 0.412 e. The summed E-state index contributed by atoms with van der Waals surface area (Å²) < 4.78 is 11.4. The van der Waals surface area contributed by atoms with Crippen LogP contribution in [0.25, 0.3) is 11.1 Å². The summed E-state index contributed by atoms with van der Waals surface area (Å²) in [6.45, 7) is 3.88. The van der Waals surface area contributed by atoms with Gasteiger partial charge in [-0.3, -0.25) is 15.3 Å². The maximum Gasteiger partial charge on any atom is 0.412 e. The SMILES string of the molecule is O=C(Nc1ccc(-c2cn[nH]c2)cc1OCCN1CCCC1)OCc1ccccc1. The number of nitrogens with zero attached hydrogens (tertiary/aromatic N) is 2. The molecule has 0 saturated carbocycles. The van der Waals surface area contributed by atoms with Crippen LogP contribution in [0.1, 0.15) is 18.4 Å². The van der Waals surface area contributed by atoms with Crippen molar-refractivity contribution in [1.29, 1.82) is 0 Å². The zero-order valence-electron chi connectivity index (χ0n) is 16.8. The maximum absolute atomic E-state index is 12.3. The highest BCUT2D eigenvalue weighted by molar-refractivity contribution is 5.87. The molecule has 156 valence electrons. The molecule has 1 aliphatic heterocycles. The third-order valence-corrected chi connectivity index (χ3v) is 5.13. The molecule has 0 atom stereocenters. The van der Waals surface area contributed by atoms with E-state index in [4.69, 9.17) is 9.47 Å². The summed E-state index contributed by atoms with van der Waals surface area (Å²) in [5.41, 5.74) is 3.44. The number of aromatic nitrogens is 2. The molecular formula is C23H26N4O3. The van der Waals surface area contributed by atoms with E-state index in [0.29, 0.717) is 18.0 Å². The monoisotopic (exact) mass is 406 g/mol. The van der Waals surface area contributed by atoms with Gasteiger partial charge in [-0.1, -0.05) is 36.4 Å². The molecule has 2 N–H and O–H groups in total. The van der Waals surface area contributed by atoms with Crippen LogP contribution < -0.4 is 10.1 Å². The predicted octanol–water partition coefficient (Wildman–Crippen LogP) is 4.30. The molecule has 0 spiro atoms. The molecular weight excluding hydrogens is 380 g/mol. The summed E-state index contributed by atoms with van der Waals surface area (Å²) in [6.07, 6.45) is 5.56. The van der Waals surface area contributed by atoms with E-state index in [9.17, 15) is 4.79 Å². The Bertz CT molecular complexity index is 938. The molecule has 30 heavy (non-hydrogen) atoms. The van der Waals surface area contributed by atoms with Crippen LogP contribution in [0, 0.1) is 0 Å². The minimum absolute atomic E-state index is 0.213. The van der Waals surface area contributed by atoms with Crippen molar-refractivity contribution in [2.24, 2.45) is 0 Å². The fraction of sp³-hybridized carbons (Fsp3) is 0.304. The van der Waals surface area contributed by atoms with Crippen LogP contribution in [0.5, 0.6) is 5.75 Å². The molecule has 0 bridgehead atoms. The Labute approximate surface area is 176 Å². The number of carbonyl (C=O) groups is 1. The van der Waals surface area contributed by atoms with Gasteiger partial charge in [0.05, 0.1) is 11.9 Å². The second kappa shape index (κ2) is 9.93. The van der Waals surface area contributed by atoms with Crippen molar-refractivity contribution in [3.63, 3.8) is 0 Å². The molecule has 7 heteroatoms. The Kier molecular flexibility index (Phi) is 6.61. The van der Waals surface area contributed by atoms with Crippen molar-refractivity contribution in [1.82, 2.24) is 15.1 Å². The fourth-order valence-electron chi connectivity index (χ4n) is 3.49. The van der Waals surface area contributed by atoms with Gasteiger partial charge in [-0.15, -0.1) is 0 Å². The van der Waals surface area contributed by atoms with Crippen molar-refractivity contribution < 1.29 is 14.3 Å². The lowest BCUT2D eigenvalue weighted by Crippen LogP contribution is -2.25. The minimum Gasteiger partial charge on any atom is -0.490 e. The van der Waals surface area contributed by atoms with E-state index >= 15 is 0 Å². The summed E-state index contributed by atoms with van der Waals surface area (Å²) in [6, 6.07) is 15.3. The number of benzene rings is 2. The number of hydrogen-bond donors (Lipinski definition) is 2. The lowest BCUT2D eigenvalue weighted by Gasteiger charge is -2.17. The molecule has 1 aliphatic rings. The third-order valence-electron chi connectivity index (χ3n) is 5.13. The summed E-state index contributed by atoms with van der Waals surface area (Å²) in [5.74, 6) is 0.615. The van der Waals surface area contributed by atoms with Crippen molar-refractivity contribution in [2.45, 2.75) is 19.4 Å². The maximum atomic E-state index is 12.3. The topological polar surface area (TPSA) is 79.5 Å². The summed E-state index contributed by atoms with van der Waals surface area (Å²) in [5, 5.41) is 9.63. The summed E-state index contributed by atoms with van der Waals surface area (Å²) in [7, 11) is 0. The van der Waals surface area contributed by atoms with Gasteiger partial charge in [0.25, 0.3) is 0 Å². The van der Waals surface area contributed by atoms with Gasteiger partial charge < -0.3 is 9.47 Å². The van der Waals surface area contributed by atoms with Gasteiger partial charge in [0.2, 0.25) is 0 Å². The average molecular weight is 406 g/mol. The van der Waals surface area contributed by atoms with Gasteiger partial charge in [0.1, 0.15) is 19.0 Å². The third kappa shape index (κ3) is 5.39. The Morgan fingerprint density at radius 2 is 1.93 bits per heavy atom. The number of rotatable bonds is 8. The van der Waals surface area contributed by atoms with Crippen LogP contribution in [0.4, 0.5) is 10.5 Å². The first kappa shape index (κ1) is 20.0. The van der Waals surface area contributed by atoms with E-state index in [1.165, 1.54) is 12.8 Å². The van der Waals surface area contributed by atoms with Crippen LogP contribution in [0.15, 0.2) is 60.9 Å². The Morgan fingerprint density at radius 1 is 1.10 bits per heavy atom. The van der Waals surface area contributed by atoms with Crippen molar-refractivity contribution in [2.75, 3.05) is 31.6 Å². The first-order valence-electron chi connectivity index (χ1n) is 10.2. The number of ether oxygens (including phenoxy) is 2. The number of anilines is 1. The summed E-state index contributed by atoms with van der Waals surface area (Å²) >= 11 is 0.